The molecule has 0 aromatic heterocycles. The number of amides is 1. The van der Waals surface area contributed by atoms with Crippen molar-refractivity contribution in [3.8, 4) is 0 Å². The van der Waals surface area contributed by atoms with Gasteiger partial charge in [0.15, 0.2) is 0 Å². The van der Waals surface area contributed by atoms with Crippen molar-refractivity contribution < 1.29 is 13.9 Å². The fraction of sp³-hybridized carbons (Fsp3) is 0.667. The van der Waals surface area contributed by atoms with Crippen LogP contribution in [-0.4, -0.2) is 55.7 Å². The van der Waals surface area contributed by atoms with Crippen molar-refractivity contribution in [1.29, 1.82) is 0 Å². The summed E-state index contributed by atoms with van der Waals surface area (Å²) in [5.41, 5.74) is 0.914. The Hall–Kier alpha value is -1.50. The summed E-state index contributed by atoms with van der Waals surface area (Å²) in [6, 6.07) is 7.92. The zero-order valence-corrected chi connectivity index (χ0v) is 15.8. The summed E-state index contributed by atoms with van der Waals surface area (Å²) >= 11 is 0. The van der Waals surface area contributed by atoms with Gasteiger partial charge in [-0.15, -0.1) is 0 Å². The smallest absolute Gasteiger partial charge is 0.220 e. The Labute approximate surface area is 160 Å². The van der Waals surface area contributed by atoms with E-state index in [-0.39, 0.29) is 17.8 Å². The van der Waals surface area contributed by atoms with Crippen LogP contribution in [-0.2, 0) is 9.53 Å². The molecule has 27 heavy (non-hydrogen) atoms. The van der Waals surface area contributed by atoms with Crippen LogP contribution in [0.1, 0.15) is 43.7 Å². The summed E-state index contributed by atoms with van der Waals surface area (Å²) in [4.78, 5) is 14.9. The second-order valence-electron chi connectivity index (χ2n) is 8.20. The topological polar surface area (TPSA) is 53.6 Å². The molecule has 1 aromatic rings. The number of halogens is 1. The maximum atomic E-state index is 13.7. The van der Waals surface area contributed by atoms with Crippen molar-refractivity contribution in [3.63, 3.8) is 0 Å². The zero-order chi connectivity index (χ0) is 18.6. The Kier molecular flexibility index (Phi) is 6.05. The lowest BCUT2D eigenvalue weighted by molar-refractivity contribution is -0.122. The van der Waals surface area contributed by atoms with Crippen molar-refractivity contribution in [2.45, 2.75) is 50.2 Å². The lowest BCUT2D eigenvalue weighted by Gasteiger charge is -2.35. The highest BCUT2D eigenvalue weighted by Crippen LogP contribution is 2.32. The molecular formula is C21H30FN3O2. The van der Waals surface area contributed by atoms with E-state index in [1.54, 1.807) is 12.1 Å². The molecule has 3 saturated heterocycles. The first kappa shape index (κ1) is 18.8. The lowest BCUT2D eigenvalue weighted by Crippen LogP contribution is -2.44. The van der Waals surface area contributed by atoms with Gasteiger partial charge >= 0.3 is 0 Å². The monoisotopic (exact) mass is 375 g/mol. The third kappa shape index (κ3) is 4.86. The Bertz CT molecular complexity index is 638. The molecule has 4 rings (SSSR count). The van der Waals surface area contributed by atoms with Gasteiger partial charge < -0.3 is 15.4 Å². The number of fused-ring (bicyclic) bond motifs is 2. The van der Waals surface area contributed by atoms with Crippen LogP contribution < -0.4 is 10.6 Å². The van der Waals surface area contributed by atoms with Crippen molar-refractivity contribution in [1.82, 2.24) is 15.5 Å². The second-order valence-corrected chi connectivity index (χ2v) is 8.20. The molecule has 148 valence electrons. The summed E-state index contributed by atoms with van der Waals surface area (Å²) in [6.07, 6.45) is 5.33. The number of hydrogen-bond donors (Lipinski definition) is 2. The number of nitrogens with zero attached hydrogens (tertiary/aromatic N) is 1. The van der Waals surface area contributed by atoms with E-state index in [1.165, 1.54) is 18.9 Å². The van der Waals surface area contributed by atoms with Gasteiger partial charge in [0.2, 0.25) is 5.91 Å². The predicted octanol–water partition coefficient (Wildman–Crippen LogP) is 2.24. The van der Waals surface area contributed by atoms with Crippen LogP contribution >= 0.6 is 0 Å². The average Bonchev–Trinajstić information content (AvgIpc) is 3.01. The molecule has 6 heteroatoms. The highest BCUT2D eigenvalue weighted by Gasteiger charge is 2.34. The van der Waals surface area contributed by atoms with Gasteiger partial charge in [0.1, 0.15) is 5.82 Å². The minimum atomic E-state index is -0.234. The highest BCUT2D eigenvalue weighted by atomic mass is 19.1. The molecule has 5 nitrogen and oxygen atoms in total. The maximum absolute atomic E-state index is 13.7. The minimum Gasteiger partial charge on any atom is -0.379 e. The first-order chi connectivity index (χ1) is 13.2. The van der Waals surface area contributed by atoms with Gasteiger partial charge in [-0.3, -0.25) is 9.69 Å². The highest BCUT2D eigenvalue weighted by molar-refractivity contribution is 5.76. The Morgan fingerprint density at radius 1 is 1.26 bits per heavy atom. The van der Waals surface area contributed by atoms with E-state index in [0.717, 1.165) is 31.5 Å². The van der Waals surface area contributed by atoms with Gasteiger partial charge in [-0.25, -0.2) is 4.39 Å². The Balaban J connectivity index is 1.35. The molecule has 3 unspecified atom stereocenters. The van der Waals surface area contributed by atoms with Crippen molar-refractivity contribution in [2.75, 3.05) is 32.8 Å². The van der Waals surface area contributed by atoms with Gasteiger partial charge in [-0.05, 0) is 49.3 Å². The number of carbonyl (C=O) groups is 1. The zero-order valence-electron chi connectivity index (χ0n) is 15.8. The van der Waals surface area contributed by atoms with E-state index in [0.29, 0.717) is 44.2 Å². The normalized spacial score (nSPS) is 29.4. The van der Waals surface area contributed by atoms with E-state index in [2.05, 4.69) is 15.5 Å². The molecule has 3 heterocycles. The van der Waals surface area contributed by atoms with E-state index in [4.69, 9.17) is 4.74 Å². The Morgan fingerprint density at radius 3 is 2.70 bits per heavy atom. The molecule has 1 aromatic carbocycles. The summed E-state index contributed by atoms with van der Waals surface area (Å²) in [6.45, 7) is 3.47. The SMILES string of the molecule is O=C(CC1CC2CCC(C1)N2)NCC(c1cccc(F)c1)N1CCOCC1. The van der Waals surface area contributed by atoms with Gasteiger partial charge in [0.25, 0.3) is 0 Å². The standard InChI is InChI=1S/C21H30FN3O2/c22-17-3-1-2-16(13-17)20(25-6-8-27-9-7-25)14-23-21(26)12-15-10-18-4-5-19(11-15)24-18/h1-3,13,15,18-20,24H,4-12,14H2,(H,23,26). The third-order valence-electron chi connectivity index (χ3n) is 6.26. The molecule has 3 atom stereocenters. The molecule has 3 aliphatic heterocycles. The van der Waals surface area contributed by atoms with Gasteiger partial charge in [0, 0.05) is 38.1 Å². The predicted molar refractivity (Wildman–Crippen MR) is 102 cm³/mol. The van der Waals surface area contributed by atoms with Crippen LogP contribution in [0, 0.1) is 11.7 Å². The van der Waals surface area contributed by atoms with Crippen molar-refractivity contribution >= 4 is 5.91 Å². The number of benzene rings is 1. The number of morpholine rings is 1. The number of rotatable bonds is 6. The van der Waals surface area contributed by atoms with Crippen LogP contribution in [0.3, 0.4) is 0 Å². The Morgan fingerprint density at radius 2 is 2.00 bits per heavy atom. The molecule has 0 aliphatic carbocycles. The van der Waals surface area contributed by atoms with Gasteiger partial charge in [-0.1, -0.05) is 12.1 Å². The fourth-order valence-corrected chi connectivity index (χ4v) is 4.95. The van der Waals surface area contributed by atoms with Gasteiger partial charge in [0.05, 0.1) is 19.3 Å². The second kappa shape index (κ2) is 8.67. The summed E-state index contributed by atoms with van der Waals surface area (Å²) in [5, 5.41) is 6.76. The van der Waals surface area contributed by atoms with Crippen molar-refractivity contribution in [3.05, 3.63) is 35.6 Å². The van der Waals surface area contributed by atoms with E-state index in [9.17, 15) is 9.18 Å². The molecule has 3 aliphatic rings. The quantitative estimate of drug-likeness (QED) is 0.801. The van der Waals surface area contributed by atoms with Crippen LogP contribution in [0.15, 0.2) is 24.3 Å². The van der Waals surface area contributed by atoms with Crippen LogP contribution in [0.4, 0.5) is 4.39 Å². The molecule has 2 bridgehead atoms. The first-order valence-electron chi connectivity index (χ1n) is 10.3. The largest absolute Gasteiger partial charge is 0.379 e. The van der Waals surface area contributed by atoms with E-state index < -0.39 is 0 Å². The maximum Gasteiger partial charge on any atom is 0.220 e. The molecular weight excluding hydrogens is 345 g/mol. The average molecular weight is 375 g/mol. The van der Waals surface area contributed by atoms with Gasteiger partial charge in [-0.2, -0.15) is 0 Å². The molecule has 0 radical (unpaired) electrons. The molecule has 2 N–H and O–H groups in total. The molecule has 3 fully saturated rings. The number of piperidine rings is 1. The minimum absolute atomic E-state index is 0.0160. The number of nitrogens with one attached hydrogen (secondary N) is 2. The number of hydrogen-bond acceptors (Lipinski definition) is 4. The molecule has 1 amide bonds. The van der Waals surface area contributed by atoms with E-state index in [1.807, 2.05) is 6.07 Å². The number of carbonyl (C=O) groups excluding carboxylic acids is 1. The van der Waals surface area contributed by atoms with E-state index >= 15 is 0 Å². The molecule has 0 spiro atoms. The fourth-order valence-electron chi connectivity index (χ4n) is 4.95. The van der Waals surface area contributed by atoms with Crippen molar-refractivity contribution in [2.24, 2.45) is 5.92 Å². The van der Waals surface area contributed by atoms with Crippen LogP contribution in [0.2, 0.25) is 0 Å². The lowest BCUT2D eigenvalue weighted by atomic mass is 9.89. The van der Waals surface area contributed by atoms with Crippen LogP contribution in [0.25, 0.3) is 0 Å². The number of ether oxygens (including phenoxy) is 1. The van der Waals surface area contributed by atoms with Crippen LogP contribution in [0.5, 0.6) is 0 Å². The summed E-state index contributed by atoms with van der Waals surface area (Å²) in [7, 11) is 0. The summed E-state index contributed by atoms with van der Waals surface area (Å²) < 4.78 is 19.2. The first-order valence-corrected chi connectivity index (χ1v) is 10.3. The summed E-state index contributed by atoms with van der Waals surface area (Å²) in [5.74, 6) is 0.373. The third-order valence-corrected chi connectivity index (χ3v) is 6.26. The molecule has 0 saturated carbocycles.